The molecule has 2 rings (SSSR count). The highest BCUT2D eigenvalue weighted by Gasteiger charge is 2.65. The molecule has 8 heteroatoms. The maximum Gasteiger partial charge on any atom is 0.311 e. The van der Waals surface area contributed by atoms with Gasteiger partial charge >= 0.3 is 23.9 Å². The van der Waals surface area contributed by atoms with Crippen LogP contribution >= 0.6 is 0 Å². The van der Waals surface area contributed by atoms with E-state index in [1.54, 1.807) is 12.1 Å². The zero-order chi connectivity index (χ0) is 19.4. The van der Waals surface area contributed by atoms with E-state index in [0.29, 0.717) is 5.56 Å². The zero-order valence-electron chi connectivity index (χ0n) is 14.4. The predicted octanol–water partition coefficient (Wildman–Crippen LogP) is 1.11. The van der Waals surface area contributed by atoms with Crippen molar-refractivity contribution in [2.45, 2.75) is 20.0 Å². The Kier molecular flexibility index (Phi) is 5.97. The number of hydrogen-bond donors (Lipinski definition) is 2. The second-order valence-corrected chi connectivity index (χ2v) is 6.08. The number of carboxylic acid groups (broad SMARTS) is 2. The fourth-order valence-corrected chi connectivity index (χ4v) is 3.21. The van der Waals surface area contributed by atoms with Gasteiger partial charge in [-0.2, -0.15) is 0 Å². The van der Waals surface area contributed by atoms with Crippen molar-refractivity contribution in [1.82, 2.24) is 0 Å². The SMILES string of the molecule is CCc1ccc(COC(=O)[C@H]2[C@@H](C(=O)O)[C@@H](C(=O)O)[C@H]2C(=O)OC)cc1. The summed E-state index contributed by atoms with van der Waals surface area (Å²) in [5.41, 5.74) is 1.81. The Morgan fingerprint density at radius 1 is 0.846 bits per heavy atom. The van der Waals surface area contributed by atoms with E-state index in [2.05, 4.69) is 4.74 Å². The Bertz CT molecular complexity index is 708. The van der Waals surface area contributed by atoms with Crippen LogP contribution in [0.15, 0.2) is 24.3 Å². The highest BCUT2D eigenvalue weighted by Crippen LogP contribution is 2.48. The van der Waals surface area contributed by atoms with E-state index in [1.807, 2.05) is 19.1 Å². The molecule has 1 aromatic rings. The standard InChI is InChI=1S/C18H20O8/c1-3-9-4-6-10(7-5-9)8-26-18(24)14-12(16(21)22)11(15(19)20)13(14)17(23)25-2/h4-7,11-14H,3,8H2,1-2H3,(H,19,20)(H,21,22)/t11-,12+,13-,14+/m1/s1. The summed E-state index contributed by atoms with van der Waals surface area (Å²) in [4.78, 5) is 46.9. The van der Waals surface area contributed by atoms with Crippen molar-refractivity contribution in [3.63, 3.8) is 0 Å². The molecule has 4 atom stereocenters. The molecule has 0 aromatic heterocycles. The van der Waals surface area contributed by atoms with Crippen LogP contribution in [0.4, 0.5) is 0 Å². The third-order valence-corrected chi connectivity index (χ3v) is 4.68. The molecule has 0 amide bonds. The Labute approximate surface area is 149 Å². The summed E-state index contributed by atoms with van der Waals surface area (Å²) < 4.78 is 9.66. The second kappa shape index (κ2) is 7.99. The van der Waals surface area contributed by atoms with Crippen LogP contribution < -0.4 is 0 Å². The number of benzene rings is 1. The van der Waals surface area contributed by atoms with E-state index in [1.165, 1.54) is 0 Å². The molecule has 0 heterocycles. The van der Waals surface area contributed by atoms with Crippen LogP contribution in [0.5, 0.6) is 0 Å². The maximum atomic E-state index is 12.3. The van der Waals surface area contributed by atoms with Gasteiger partial charge in [-0.25, -0.2) is 0 Å². The minimum Gasteiger partial charge on any atom is -0.481 e. The van der Waals surface area contributed by atoms with E-state index in [4.69, 9.17) is 4.74 Å². The molecule has 26 heavy (non-hydrogen) atoms. The molecule has 0 radical (unpaired) electrons. The molecule has 0 bridgehead atoms. The first-order valence-corrected chi connectivity index (χ1v) is 8.09. The first-order valence-electron chi connectivity index (χ1n) is 8.09. The van der Waals surface area contributed by atoms with Crippen LogP contribution in [0.2, 0.25) is 0 Å². The van der Waals surface area contributed by atoms with E-state index in [-0.39, 0.29) is 6.61 Å². The lowest BCUT2D eigenvalue weighted by molar-refractivity contribution is -0.195. The zero-order valence-corrected chi connectivity index (χ0v) is 14.4. The normalized spacial score (nSPS) is 24.2. The number of hydrogen-bond acceptors (Lipinski definition) is 6. The molecule has 0 spiro atoms. The average Bonchev–Trinajstić information content (AvgIpc) is 2.58. The number of esters is 2. The quantitative estimate of drug-likeness (QED) is 0.689. The van der Waals surface area contributed by atoms with E-state index in [9.17, 15) is 29.4 Å². The number of carbonyl (C=O) groups excluding carboxylic acids is 2. The van der Waals surface area contributed by atoms with Gasteiger partial charge in [-0.15, -0.1) is 0 Å². The van der Waals surface area contributed by atoms with Crippen molar-refractivity contribution in [2.75, 3.05) is 7.11 Å². The monoisotopic (exact) mass is 364 g/mol. The fraction of sp³-hybridized carbons (Fsp3) is 0.444. The first-order chi connectivity index (χ1) is 12.3. The summed E-state index contributed by atoms with van der Waals surface area (Å²) in [6, 6.07) is 7.31. The number of carbonyl (C=O) groups is 4. The van der Waals surface area contributed by atoms with Crippen molar-refractivity contribution in [1.29, 1.82) is 0 Å². The highest BCUT2D eigenvalue weighted by molar-refractivity contribution is 5.96. The minimum absolute atomic E-state index is 0.0999. The van der Waals surface area contributed by atoms with Gasteiger partial charge in [0.05, 0.1) is 30.8 Å². The lowest BCUT2D eigenvalue weighted by atomic mass is 9.56. The number of aryl methyl sites for hydroxylation is 1. The average molecular weight is 364 g/mol. The molecule has 1 fully saturated rings. The van der Waals surface area contributed by atoms with Gasteiger partial charge in [-0.05, 0) is 17.5 Å². The number of ether oxygens (including phenoxy) is 2. The second-order valence-electron chi connectivity index (χ2n) is 6.08. The lowest BCUT2D eigenvalue weighted by Gasteiger charge is -2.43. The number of aliphatic carboxylic acids is 2. The van der Waals surface area contributed by atoms with Crippen LogP contribution in [0.1, 0.15) is 18.1 Å². The van der Waals surface area contributed by atoms with Gasteiger partial charge < -0.3 is 19.7 Å². The third kappa shape index (κ3) is 3.68. The van der Waals surface area contributed by atoms with Crippen LogP contribution in [-0.4, -0.2) is 41.2 Å². The molecule has 1 saturated carbocycles. The smallest absolute Gasteiger partial charge is 0.311 e. The highest BCUT2D eigenvalue weighted by atomic mass is 16.5. The first kappa shape index (κ1) is 19.4. The summed E-state index contributed by atoms with van der Waals surface area (Å²) in [7, 11) is 1.05. The maximum absolute atomic E-state index is 12.3. The molecule has 1 aliphatic rings. The van der Waals surface area contributed by atoms with Gasteiger partial charge in [0.1, 0.15) is 6.61 Å². The summed E-state index contributed by atoms with van der Waals surface area (Å²) in [6.45, 7) is 1.90. The van der Waals surface area contributed by atoms with Crippen molar-refractivity contribution in [3.8, 4) is 0 Å². The summed E-state index contributed by atoms with van der Waals surface area (Å²) >= 11 is 0. The number of methoxy groups -OCH3 is 1. The van der Waals surface area contributed by atoms with Gasteiger partial charge in [0.25, 0.3) is 0 Å². The predicted molar refractivity (Wildman–Crippen MR) is 86.9 cm³/mol. The van der Waals surface area contributed by atoms with E-state index >= 15 is 0 Å². The van der Waals surface area contributed by atoms with Crippen molar-refractivity contribution in [3.05, 3.63) is 35.4 Å². The summed E-state index contributed by atoms with van der Waals surface area (Å²) in [5.74, 6) is -10.6. The molecular weight excluding hydrogens is 344 g/mol. The summed E-state index contributed by atoms with van der Waals surface area (Å²) in [6.07, 6.45) is 0.861. The lowest BCUT2D eigenvalue weighted by Crippen LogP contribution is -2.60. The molecule has 0 unspecified atom stereocenters. The Morgan fingerprint density at radius 3 is 1.73 bits per heavy atom. The van der Waals surface area contributed by atoms with Crippen LogP contribution in [0.25, 0.3) is 0 Å². The van der Waals surface area contributed by atoms with E-state index in [0.717, 1.165) is 19.1 Å². The Morgan fingerprint density at radius 2 is 1.31 bits per heavy atom. The minimum atomic E-state index is -1.54. The van der Waals surface area contributed by atoms with Crippen LogP contribution in [0.3, 0.4) is 0 Å². The van der Waals surface area contributed by atoms with Gasteiger partial charge in [-0.3, -0.25) is 19.2 Å². The molecular formula is C18H20O8. The van der Waals surface area contributed by atoms with E-state index < -0.39 is 47.5 Å². The number of carboxylic acids is 2. The fourth-order valence-electron chi connectivity index (χ4n) is 3.21. The van der Waals surface area contributed by atoms with Crippen LogP contribution in [0, 0.1) is 23.7 Å². The molecule has 8 nitrogen and oxygen atoms in total. The topological polar surface area (TPSA) is 127 Å². The van der Waals surface area contributed by atoms with Crippen molar-refractivity contribution < 1.29 is 38.9 Å². The van der Waals surface area contributed by atoms with Crippen molar-refractivity contribution in [2.24, 2.45) is 23.7 Å². The molecule has 140 valence electrons. The molecule has 2 N–H and O–H groups in total. The van der Waals surface area contributed by atoms with Gasteiger partial charge in [-0.1, -0.05) is 31.2 Å². The van der Waals surface area contributed by atoms with Gasteiger partial charge in [0.2, 0.25) is 0 Å². The van der Waals surface area contributed by atoms with Crippen LogP contribution in [-0.2, 0) is 41.7 Å². The third-order valence-electron chi connectivity index (χ3n) is 4.68. The largest absolute Gasteiger partial charge is 0.481 e. The molecule has 1 aromatic carbocycles. The van der Waals surface area contributed by atoms with Crippen molar-refractivity contribution >= 4 is 23.9 Å². The Balaban J connectivity index is 2.13. The molecule has 0 saturated heterocycles. The molecule has 1 aliphatic carbocycles. The number of rotatable bonds is 7. The van der Waals surface area contributed by atoms with Gasteiger partial charge in [0, 0.05) is 0 Å². The van der Waals surface area contributed by atoms with Gasteiger partial charge in [0.15, 0.2) is 0 Å². The summed E-state index contributed by atoms with van der Waals surface area (Å²) in [5, 5.41) is 18.5. The molecule has 0 aliphatic heterocycles. The Hall–Kier alpha value is -2.90.